The molecule has 4 rings (SSSR count). The molecule has 0 radical (unpaired) electrons. The lowest BCUT2D eigenvalue weighted by atomic mass is 10.2. The van der Waals surface area contributed by atoms with E-state index in [0.717, 1.165) is 29.1 Å². The normalized spacial score (nSPS) is 10.8. The second kappa shape index (κ2) is 10.0. The Morgan fingerprint density at radius 2 is 1.88 bits per heavy atom. The van der Waals surface area contributed by atoms with Gasteiger partial charge in [0, 0.05) is 22.3 Å². The molecule has 1 amide bonds. The fourth-order valence-electron chi connectivity index (χ4n) is 3.04. The summed E-state index contributed by atoms with van der Waals surface area (Å²) in [6.45, 7) is 0. The van der Waals surface area contributed by atoms with Crippen molar-refractivity contribution in [3.8, 4) is 22.8 Å². The fraction of sp³-hybridized carbons (Fsp3) is 0.0870. The van der Waals surface area contributed by atoms with E-state index in [1.165, 1.54) is 6.07 Å². The van der Waals surface area contributed by atoms with Crippen LogP contribution in [-0.4, -0.2) is 33.5 Å². The Balaban J connectivity index is 1.61. The lowest BCUT2D eigenvalue weighted by Gasteiger charge is -2.11. The van der Waals surface area contributed by atoms with Gasteiger partial charge in [-0.15, -0.1) is 10.2 Å². The van der Waals surface area contributed by atoms with E-state index in [0.29, 0.717) is 27.8 Å². The first-order valence-electron chi connectivity index (χ1n) is 9.68. The van der Waals surface area contributed by atoms with Gasteiger partial charge in [0.15, 0.2) is 11.0 Å². The van der Waals surface area contributed by atoms with Crippen LogP contribution in [0, 0.1) is 11.6 Å². The van der Waals surface area contributed by atoms with Gasteiger partial charge in [-0.05, 0) is 48.5 Å². The number of methoxy groups -OCH3 is 1. The summed E-state index contributed by atoms with van der Waals surface area (Å²) in [7, 11) is 1.58. The zero-order valence-corrected chi connectivity index (χ0v) is 18.8. The molecule has 0 fully saturated rings. The molecule has 33 heavy (non-hydrogen) atoms. The minimum absolute atomic E-state index is 0.0688. The molecule has 1 heterocycles. The van der Waals surface area contributed by atoms with Gasteiger partial charge in [0.2, 0.25) is 5.91 Å². The average Bonchev–Trinajstić information content (AvgIpc) is 3.24. The van der Waals surface area contributed by atoms with Gasteiger partial charge in [-0.25, -0.2) is 8.78 Å². The molecule has 0 aliphatic rings. The number of ether oxygens (including phenoxy) is 1. The van der Waals surface area contributed by atoms with Crippen molar-refractivity contribution in [2.45, 2.75) is 5.16 Å². The maximum Gasteiger partial charge on any atom is 0.234 e. The summed E-state index contributed by atoms with van der Waals surface area (Å²) in [6, 6.07) is 17.4. The number of anilines is 1. The quantitative estimate of drug-likeness (QED) is 0.344. The van der Waals surface area contributed by atoms with Gasteiger partial charge in [-0.1, -0.05) is 35.5 Å². The molecule has 4 aromatic rings. The molecule has 0 unspecified atom stereocenters. The van der Waals surface area contributed by atoms with Crippen LogP contribution in [0.15, 0.2) is 71.9 Å². The van der Waals surface area contributed by atoms with Crippen LogP contribution >= 0.6 is 23.4 Å². The maximum atomic E-state index is 13.8. The highest BCUT2D eigenvalue weighted by molar-refractivity contribution is 7.99. The first-order valence-corrected chi connectivity index (χ1v) is 11.0. The van der Waals surface area contributed by atoms with E-state index in [9.17, 15) is 13.6 Å². The fourth-order valence-corrected chi connectivity index (χ4v) is 3.92. The molecule has 0 saturated heterocycles. The average molecular weight is 487 g/mol. The number of nitrogens with one attached hydrogen (secondary N) is 1. The monoisotopic (exact) mass is 486 g/mol. The summed E-state index contributed by atoms with van der Waals surface area (Å²) in [5, 5.41) is 12.0. The Hall–Kier alpha value is -3.43. The van der Waals surface area contributed by atoms with Crippen molar-refractivity contribution in [2.75, 3.05) is 18.2 Å². The number of aromatic nitrogens is 3. The molecule has 0 spiro atoms. The number of carbonyl (C=O) groups is 1. The highest BCUT2D eigenvalue weighted by Crippen LogP contribution is 2.30. The SMILES string of the molecule is COc1cccc(-c2nnc(SCC(=O)Nc3ccc(F)cc3F)n2-c2ccc(Cl)cc2)c1. The van der Waals surface area contributed by atoms with Crippen LogP contribution in [0.3, 0.4) is 0 Å². The van der Waals surface area contributed by atoms with Gasteiger partial charge in [0.1, 0.15) is 17.4 Å². The molecule has 0 atom stereocenters. The molecule has 1 aromatic heterocycles. The predicted octanol–water partition coefficient (Wildman–Crippen LogP) is 5.61. The summed E-state index contributed by atoms with van der Waals surface area (Å²) in [6.07, 6.45) is 0. The van der Waals surface area contributed by atoms with Crippen LogP contribution in [0.2, 0.25) is 5.02 Å². The van der Waals surface area contributed by atoms with E-state index in [1.807, 2.05) is 36.4 Å². The van der Waals surface area contributed by atoms with Crippen LogP contribution in [0.4, 0.5) is 14.5 Å². The zero-order chi connectivity index (χ0) is 23.4. The number of hydrogen-bond acceptors (Lipinski definition) is 5. The predicted molar refractivity (Wildman–Crippen MR) is 124 cm³/mol. The van der Waals surface area contributed by atoms with Gasteiger partial charge in [0.05, 0.1) is 18.6 Å². The molecule has 6 nitrogen and oxygen atoms in total. The summed E-state index contributed by atoms with van der Waals surface area (Å²) >= 11 is 7.17. The standard InChI is InChI=1S/C23H17ClF2N4O2S/c1-32-18-4-2-3-14(11-18)22-28-29-23(30(22)17-8-5-15(24)6-9-17)33-13-21(31)27-20-10-7-16(25)12-19(20)26/h2-12H,13H2,1H3,(H,27,31). The van der Waals surface area contributed by atoms with E-state index in [-0.39, 0.29) is 11.4 Å². The van der Waals surface area contributed by atoms with Crippen LogP contribution < -0.4 is 10.1 Å². The summed E-state index contributed by atoms with van der Waals surface area (Å²) in [4.78, 5) is 12.4. The van der Waals surface area contributed by atoms with Gasteiger partial charge >= 0.3 is 0 Å². The first kappa shape index (κ1) is 22.8. The number of carbonyl (C=O) groups excluding carboxylic acids is 1. The molecule has 0 saturated carbocycles. The molecule has 0 bridgehead atoms. The lowest BCUT2D eigenvalue weighted by molar-refractivity contribution is -0.113. The molecule has 10 heteroatoms. The van der Waals surface area contributed by atoms with Crippen molar-refractivity contribution in [2.24, 2.45) is 0 Å². The van der Waals surface area contributed by atoms with Crippen molar-refractivity contribution in [3.63, 3.8) is 0 Å². The van der Waals surface area contributed by atoms with Crippen LogP contribution in [-0.2, 0) is 4.79 Å². The minimum atomic E-state index is -0.849. The summed E-state index contributed by atoms with van der Waals surface area (Å²) < 4.78 is 34.0. The van der Waals surface area contributed by atoms with Crippen LogP contribution in [0.25, 0.3) is 17.1 Å². The van der Waals surface area contributed by atoms with Crippen molar-refractivity contribution < 1.29 is 18.3 Å². The largest absolute Gasteiger partial charge is 0.497 e. The van der Waals surface area contributed by atoms with Gasteiger partial charge in [-0.3, -0.25) is 9.36 Å². The Bertz CT molecular complexity index is 1300. The van der Waals surface area contributed by atoms with Crippen molar-refractivity contribution in [1.82, 2.24) is 14.8 Å². The molecule has 168 valence electrons. The lowest BCUT2D eigenvalue weighted by Crippen LogP contribution is -2.15. The number of rotatable bonds is 7. The minimum Gasteiger partial charge on any atom is -0.497 e. The van der Waals surface area contributed by atoms with Crippen LogP contribution in [0.1, 0.15) is 0 Å². The second-order valence-electron chi connectivity index (χ2n) is 6.81. The molecular weight excluding hydrogens is 470 g/mol. The Labute approximate surface area is 197 Å². The van der Waals surface area contributed by atoms with E-state index in [4.69, 9.17) is 16.3 Å². The number of thioether (sulfide) groups is 1. The number of amides is 1. The van der Waals surface area contributed by atoms with E-state index < -0.39 is 17.5 Å². The molecule has 0 aliphatic heterocycles. The third-order valence-corrected chi connectivity index (χ3v) is 5.76. The Morgan fingerprint density at radius 1 is 1.09 bits per heavy atom. The molecule has 1 N–H and O–H groups in total. The third-order valence-electron chi connectivity index (χ3n) is 4.58. The van der Waals surface area contributed by atoms with Crippen molar-refractivity contribution in [1.29, 1.82) is 0 Å². The Kier molecular flexibility index (Phi) is 6.90. The first-order chi connectivity index (χ1) is 15.9. The van der Waals surface area contributed by atoms with Crippen LogP contribution in [0.5, 0.6) is 5.75 Å². The number of hydrogen-bond donors (Lipinski definition) is 1. The van der Waals surface area contributed by atoms with Crippen molar-refractivity contribution >= 4 is 35.0 Å². The highest BCUT2D eigenvalue weighted by atomic mass is 35.5. The van der Waals surface area contributed by atoms with E-state index >= 15 is 0 Å². The highest BCUT2D eigenvalue weighted by Gasteiger charge is 2.18. The van der Waals surface area contributed by atoms with Crippen molar-refractivity contribution in [3.05, 3.63) is 83.4 Å². The second-order valence-corrected chi connectivity index (χ2v) is 8.19. The smallest absolute Gasteiger partial charge is 0.234 e. The maximum absolute atomic E-state index is 13.8. The molecular formula is C23H17ClF2N4O2S. The number of nitrogens with zero attached hydrogens (tertiary/aromatic N) is 3. The van der Waals surface area contributed by atoms with Gasteiger partial charge < -0.3 is 10.1 Å². The zero-order valence-electron chi connectivity index (χ0n) is 17.3. The third kappa shape index (κ3) is 5.32. The number of benzene rings is 3. The van der Waals surface area contributed by atoms with E-state index in [2.05, 4.69) is 15.5 Å². The van der Waals surface area contributed by atoms with E-state index in [1.54, 1.807) is 23.8 Å². The number of halogens is 3. The Morgan fingerprint density at radius 3 is 2.61 bits per heavy atom. The summed E-state index contributed by atoms with van der Waals surface area (Å²) in [5.74, 6) is -0.907. The topological polar surface area (TPSA) is 69.0 Å². The van der Waals surface area contributed by atoms with Gasteiger partial charge in [-0.2, -0.15) is 0 Å². The van der Waals surface area contributed by atoms with Gasteiger partial charge in [0.25, 0.3) is 0 Å². The summed E-state index contributed by atoms with van der Waals surface area (Å²) in [5.41, 5.74) is 1.41. The molecule has 0 aliphatic carbocycles. The molecule has 3 aromatic carbocycles.